The Kier molecular flexibility index (Phi) is 3.20. The molecule has 0 atom stereocenters. The summed E-state index contributed by atoms with van der Waals surface area (Å²) in [4.78, 5) is 15.6. The third kappa shape index (κ3) is 2.28. The number of nitrogens with zero attached hydrogens (tertiary/aromatic N) is 1. The average Bonchev–Trinajstić information content (AvgIpc) is 2.81. The second kappa shape index (κ2) is 4.89. The van der Waals surface area contributed by atoms with Crippen LogP contribution in [0.3, 0.4) is 0 Å². The normalized spacial score (nSPS) is 10.9. The van der Waals surface area contributed by atoms with Gasteiger partial charge in [-0.15, -0.1) is 11.3 Å². The Labute approximate surface area is 124 Å². The van der Waals surface area contributed by atoms with Crippen molar-refractivity contribution in [3.05, 3.63) is 52.5 Å². The molecule has 1 N–H and O–H groups in total. The number of aromatic nitrogens is 1. The maximum absolute atomic E-state index is 11.1. The van der Waals surface area contributed by atoms with Gasteiger partial charge >= 0.3 is 5.97 Å². The lowest BCUT2D eigenvalue weighted by molar-refractivity contribution is 0.0696. The molecule has 0 saturated heterocycles. The molecule has 1 aromatic heterocycles. The van der Waals surface area contributed by atoms with Crippen molar-refractivity contribution in [3.8, 4) is 10.6 Å². The van der Waals surface area contributed by atoms with Crippen LogP contribution < -0.4 is 0 Å². The minimum atomic E-state index is -0.926. The van der Waals surface area contributed by atoms with Crippen molar-refractivity contribution >= 4 is 39.1 Å². The number of halogens is 1. The first-order chi connectivity index (χ1) is 9.54. The van der Waals surface area contributed by atoms with Gasteiger partial charge in [0, 0.05) is 10.6 Å². The Hall–Kier alpha value is -1.91. The predicted molar refractivity (Wildman–Crippen MR) is 81.8 cm³/mol. The first kappa shape index (κ1) is 13.1. The minimum absolute atomic E-state index is 0.297. The highest BCUT2D eigenvalue weighted by molar-refractivity contribution is 7.21. The van der Waals surface area contributed by atoms with Gasteiger partial charge in [0.2, 0.25) is 0 Å². The predicted octanol–water partition coefficient (Wildman–Crippen LogP) is 4.62. The van der Waals surface area contributed by atoms with E-state index in [0.717, 1.165) is 20.8 Å². The zero-order chi connectivity index (χ0) is 14.3. The van der Waals surface area contributed by atoms with Crippen molar-refractivity contribution in [2.75, 3.05) is 0 Å². The van der Waals surface area contributed by atoms with E-state index >= 15 is 0 Å². The molecule has 5 heteroatoms. The van der Waals surface area contributed by atoms with Gasteiger partial charge in [0.05, 0.1) is 15.8 Å². The second-order valence-electron chi connectivity index (χ2n) is 4.47. The van der Waals surface area contributed by atoms with E-state index in [-0.39, 0.29) is 0 Å². The van der Waals surface area contributed by atoms with Crippen molar-refractivity contribution in [1.29, 1.82) is 0 Å². The van der Waals surface area contributed by atoms with Crippen molar-refractivity contribution < 1.29 is 9.90 Å². The van der Waals surface area contributed by atoms with Crippen LogP contribution in [0.15, 0.2) is 36.4 Å². The van der Waals surface area contributed by atoms with E-state index < -0.39 is 5.97 Å². The fourth-order valence-corrected chi connectivity index (χ4v) is 3.20. The molecule has 0 amide bonds. The number of carbonyl (C=O) groups is 1. The first-order valence-electron chi connectivity index (χ1n) is 5.95. The van der Waals surface area contributed by atoms with Crippen molar-refractivity contribution in [2.24, 2.45) is 0 Å². The van der Waals surface area contributed by atoms with Crippen LogP contribution in [0, 0.1) is 6.92 Å². The molecule has 3 nitrogen and oxygen atoms in total. The van der Waals surface area contributed by atoms with Crippen LogP contribution in [-0.4, -0.2) is 16.1 Å². The summed E-state index contributed by atoms with van der Waals surface area (Å²) in [6.45, 7) is 1.80. The Bertz CT molecular complexity index is 809. The maximum Gasteiger partial charge on any atom is 0.336 e. The van der Waals surface area contributed by atoms with Gasteiger partial charge in [-0.25, -0.2) is 9.78 Å². The number of rotatable bonds is 2. The molecule has 0 spiro atoms. The molecule has 0 aliphatic carbocycles. The molecule has 3 rings (SSSR count). The summed E-state index contributed by atoms with van der Waals surface area (Å²) in [6, 6.07) is 10.9. The Morgan fingerprint density at radius 1 is 1.25 bits per heavy atom. The molecule has 0 radical (unpaired) electrons. The lowest BCUT2D eigenvalue weighted by atomic mass is 10.1. The van der Waals surface area contributed by atoms with Crippen LogP contribution in [-0.2, 0) is 0 Å². The van der Waals surface area contributed by atoms with Gasteiger partial charge in [-0.3, -0.25) is 0 Å². The van der Waals surface area contributed by atoms with Crippen LogP contribution in [0.4, 0.5) is 0 Å². The standard InChI is InChI=1S/C15H10ClNO2S/c1-8-6-13-12(7-11(8)15(18)19)17-14(20-13)9-2-4-10(16)5-3-9/h2-7H,1H3,(H,18,19). The van der Waals surface area contributed by atoms with Gasteiger partial charge in [-0.2, -0.15) is 0 Å². The van der Waals surface area contributed by atoms with E-state index in [9.17, 15) is 4.79 Å². The largest absolute Gasteiger partial charge is 0.478 e. The zero-order valence-corrected chi connectivity index (χ0v) is 12.1. The Morgan fingerprint density at radius 2 is 1.95 bits per heavy atom. The lowest BCUT2D eigenvalue weighted by Gasteiger charge is -1.98. The van der Waals surface area contributed by atoms with E-state index in [1.165, 1.54) is 0 Å². The SMILES string of the molecule is Cc1cc2sc(-c3ccc(Cl)cc3)nc2cc1C(=O)O. The molecule has 0 aliphatic rings. The first-order valence-corrected chi connectivity index (χ1v) is 7.14. The molecule has 0 saturated carbocycles. The quantitative estimate of drug-likeness (QED) is 0.751. The number of carboxylic acids is 1. The van der Waals surface area contributed by atoms with Crippen molar-refractivity contribution in [2.45, 2.75) is 6.92 Å². The highest BCUT2D eigenvalue weighted by Gasteiger charge is 2.12. The second-order valence-corrected chi connectivity index (χ2v) is 5.93. The summed E-state index contributed by atoms with van der Waals surface area (Å²) >= 11 is 7.42. The summed E-state index contributed by atoms with van der Waals surface area (Å²) in [5.41, 5.74) is 2.73. The van der Waals surface area contributed by atoms with Crippen LogP contribution in [0.2, 0.25) is 5.02 Å². The molecule has 0 fully saturated rings. The Morgan fingerprint density at radius 3 is 2.60 bits per heavy atom. The summed E-state index contributed by atoms with van der Waals surface area (Å²) < 4.78 is 0.984. The third-order valence-corrected chi connectivity index (χ3v) is 4.38. The molecule has 100 valence electrons. The number of hydrogen-bond donors (Lipinski definition) is 1. The molecule has 1 heterocycles. The average molecular weight is 304 g/mol. The van der Waals surface area contributed by atoms with E-state index in [4.69, 9.17) is 16.7 Å². The molecular formula is C15H10ClNO2S. The highest BCUT2D eigenvalue weighted by atomic mass is 35.5. The highest BCUT2D eigenvalue weighted by Crippen LogP contribution is 2.32. The molecule has 0 bridgehead atoms. The number of aryl methyl sites for hydroxylation is 1. The molecule has 2 aromatic carbocycles. The lowest BCUT2D eigenvalue weighted by Crippen LogP contribution is -1.98. The Balaban J connectivity index is 2.15. The summed E-state index contributed by atoms with van der Waals surface area (Å²) in [5.74, 6) is -0.926. The summed E-state index contributed by atoms with van der Waals surface area (Å²) in [5, 5.41) is 10.7. The zero-order valence-electron chi connectivity index (χ0n) is 10.6. The fourth-order valence-electron chi connectivity index (χ4n) is 2.02. The molecule has 0 aliphatic heterocycles. The monoisotopic (exact) mass is 303 g/mol. The van der Waals surface area contributed by atoms with Crippen LogP contribution in [0.1, 0.15) is 15.9 Å². The van der Waals surface area contributed by atoms with Gasteiger partial charge in [-0.05, 0) is 36.8 Å². The fraction of sp³-hybridized carbons (Fsp3) is 0.0667. The van der Waals surface area contributed by atoms with Crippen LogP contribution in [0.5, 0.6) is 0 Å². The van der Waals surface area contributed by atoms with E-state index in [1.807, 2.05) is 30.3 Å². The summed E-state index contributed by atoms with van der Waals surface area (Å²) in [7, 11) is 0. The van der Waals surface area contributed by atoms with Gasteiger partial charge in [0.15, 0.2) is 0 Å². The number of thiazole rings is 1. The van der Waals surface area contributed by atoms with E-state index in [0.29, 0.717) is 16.1 Å². The molecule has 20 heavy (non-hydrogen) atoms. The van der Waals surface area contributed by atoms with Crippen molar-refractivity contribution in [3.63, 3.8) is 0 Å². The number of aromatic carboxylic acids is 1. The van der Waals surface area contributed by atoms with Gasteiger partial charge in [-0.1, -0.05) is 23.7 Å². The number of benzene rings is 2. The van der Waals surface area contributed by atoms with Gasteiger partial charge in [0.25, 0.3) is 0 Å². The topological polar surface area (TPSA) is 50.2 Å². The van der Waals surface area contributed by atoms with Crippen LogP contribution >= 0.6 is 22.9 Å². The maximum atomic E-state index is 11.1. The third-order valence-electron chi connectivity index (χ3n) is 3.06. The molecule has 3 aromatic rings. The molecule has 0 unspecified atom stereocenters. The summed E-state index contributed by atoms with van der Waals surface area (Å²) in [6.07, 6.45) is 0. The number of hydrogen-bond acceptors (Lipinski definition) is 3. The van der Waals surface area contributed by atoms with E-state index in [1.54, 1.807) is 24.3 Å². The van der Waals surface area contributed by atoms with Gasteiger partial charge < -0.3 is 5.11 Å². The molecular weight excluding hydrogens is 294 g/mol. The minimum Gasteiger partial charge on any atom is -0.478 e. The van der Waals surface area contributed by atoms with E-state index in [2.05, 4.69) is 4.98 Å². The van der Waals surface area contributed by atoms with Gasteiger partial charge in [0.1, 0.15) is 5.01 Å². The van der Waals surface area contributed by atoms with Crippen LogP contribution in [0.25, 0.3) is 20.8 Å². The number of fused-ring (bicyclic) bond motifs is 1. The smallest absolute Gasteiger partial charge is 0.336 e. The number of carboxylic acid groups (broad SMARTS) is 1. The van der Waals surface area contributed by atoms with Crippen molar-refractivity contribution in [1.82, 2.24) is 4.98 Å².